The highest BCUT2D eigenvalue weighted by atomic mass is 35.5. The van der Waals surface area contributed by atoms with Crippen LogP contribution in [0.25, 0.3) is 6.08 Å². The molecule has 7 heteroatoms. The Morgan fingerprint density at radius 3 is 2.34 bits per heavy atom. The average Bonchev–Trinajstić information content (AvgIpc) is 2.97. The van der Waals surface area contributed by atoms with E-state index in [2.05, 4.69) is 0 Å². The predicted octanol–water partition coefficient (Wildman–Crippen LogP) is 3.79. The highest BCUT2D eigenvalue weighted by Crippen LogP contribution is 2.40. The molecule has 1 aliphatic heterocycles. The summed E-state index contributed by atoms with van der Waals surface area (Å²) in [7, 11) is 3.56. The summed E-state index contributed by atoms with van der Waals surface area (Å²) in [5, 5.41) is 10.1. The Kier molecular flexibility index (Phi) is 6.01. The van der Waals surface area contributed by atoms with Crippen molar-refractivity contribution in [2.75, 3.05) is 30.5 Å². The third kappa shape index (κ3) is 4.31. The number of hydrogen-bond donors (Lipinski definition) is 0. The van der Waals surface area contributed by atoms with Crippen molar-refractivity contribution < 1.29 is 14.3 Å². The number of Topliss-reactive ketones (excluding diaryl/α,β-unsaturated/α-hetero) is 1. The maximum Gasteiger partial charge on any atom is 0.331 e. The topological polar surface area (TPSA) is 73.6 Å². The van der Waals surface area contributed by atoms with Crippen LogP contribution in [0.5, 0.6) is 0 Å². The Balaban J connectivity index is 1.70. The molecule has 0 unspecified atom stereocenters. The third-order valence-electron chi connectivity index (χ3n) is 4.46. The van der Waals surface area contributed by atoms with Crippen molar-refractivity contribution in [1.29, 1.82) is 5.26 Å². The van der Waals surface area contributed by atoms with Gasteiger partial charge in [-0.05, 0) is 35.9 Å². The van der Waals surface area contributed by atoms with Crippen LogP contribution in [-0.4, -0.2) is 32.5 Å². The third-order valence-corrected chi connectivity index (χ3v) is 4.70. The van der Waals surface area contributed by atoms with Gasteiger partial charge in [-0.15, -0.1) is 0 Å². The number of nitriles is 1. The van der Waals surface area contributed by atoms with Crippen LogP contribution in [-0.2, 0) is 14.3 Å². The quantitative estimate of drug-likeness (QED) is 0.426. The molecule has 0 fully saturated rings. The number of para-hydroxylation sites is 2. The normalized spacial score (nSPS) is 12.7. The van der Waals surface area contributed by atoms with Crippen LogP contribution in [0.1, 0.15) is 5.56 Å². The fraction of sp³-hybridized carbons (Fsp3) is 0.136. The van der Waals surface area contributed by atoms with Gasteiger partial charge >= 0.3 is 5.97 Å². The molecular formula is C22H18ClN3O3. The SMILES string of the molecule is CN1C(=C(C#N)C(=O)COC(=O)/C=C/c2cccc(Cl)c2)N(C)c2ccccc21. The molecule has 2 aromatic rings. The second kappa shape index (κ2) is 8.63. The molecule has 0 spiro atoms. The van der Waals surface area contributed by atoms with Gasteiger partial charge in [0.2, 0.25) is 5.78 Å². The van der Waals surface area contributed by atoms with Gasteiger partial charge in [0.1, 0.15) is 17.5 Å². The first-order valence-corrected chi connectivity index (χ1v) is 9.14. The Bertz CT molecular complexity index is 1040. The van der Waals surface area contributed by atoms with E-state index in [0.717, 1.165) is 16.9 Å². The lowest BCUT2D eigenvalue weighted by Crippen LogP contribution is -2.27. The molecular weight excluding hydrogens is 390 g/mol. The van der Waals surface area contributed by atoms with Crippen LogP contribution in [0.4, 0.5) is 11.4 Å². The zero-order valence-electron chi connectivity index (χ0n) is 15.9. The van der Waals surface area contributed by atoms with Crippen molar-refractivity contribution in [2.24, 2.45) is 0 Å². The summed E-state index contributed by atoms with van der Waals surface area (Å²) < 4.78 is 5.02. The minimum atomic E-state index is -0.683. The number of ketones is 1. The van der Waals surface area contributed by atoms with Gasteiger partial charge in [0.05, 0.1) is 11.4 Å². The lowest BCUT2D eigenvalue weighted by molar-refractivity contribution is -0.141. The molecule has 1 heterocycles. The van der Waals surface area contributed by atoms with E-state index in [1.807, 2.05) is 30.3 Å². The first-order valence-electron chi connectivity index (χ1n) is 8.77. The molecule has 3 rings (SSSR count). The number of ether oxygens (including phenoxy) is 1. The van der Waals surface area contributed by atoms with Crippen LogP contribution >= 0.6 is 11.6 Å². The van der Waals surface area contributed by atoms with Crippen molar-refractivity contribution in [3.63, 3.8) is 0 Å². The molecule has 0 amide bonds. The Labute approximate surface area is 173 Å². The Morgan fingerprint density at radius 2 is 1.76 bits per heavy atom. The van der Waals surface area contributed by atoms with E-state index in [9.17, 15) is 14.9 Å². The highest BCUT2D eigenvalue weighted by molar-refractivity contribution is 6.30. The number of esters is 1. The first kappa shape index (κ1) is 20.2. The molecule has 0 atom stereocenters. The smallest absolute Gasteiger partial charge is 0.331 e. The van der Waals surface area contributed by atoms with Crippen molar-refractivity contribution in [2.45, 2.75) is 0 Å². The number of rotatable bonds is 5. The number of hydrogen-bond acceptors (Lipinski definition) is 6. The van der Waals surface area contributed by atoms with Crippen LogP contribution in [0.15, 0.2) is 66.0 Å². The highest BCUT2D eigenvalue weighted by Gasteiger charge is 2.31. The van der Waals surface area contributed by atoms with Gasteiger partial charge in [-0.2, -0.15) is 5.26 Å². The van der Waals surface area contributed by atoms with E-state index < -0.39 is 18.4 Å². The van der Waals surface area contributed by atoms with Gasteiger partial charge in [-0.25, -0.2) is 4.79 Å². The molecule has 0 saturated heterocycles. The Hall–Kier alpha value is -3.56. The average molecular weight is 408 g/mol. The number of benzene rings is 2. The molecule has 0 saturated carbocycles. The predicted molar refractivity (Wildman–Crippen MR) is 112 cm³/mol. The van der Waals surface area contributed by atoms with Crippen molar-refractivity contribution in [3.8, 4) is 6.07 Å². The monoisotopic (exact) mass is 407 g/mol. The van der Waals surface area contributed by atoms with Crippen LogP contribution < -0.4 is 9.80 Å². The summed E-state index contributed by atoms with van der Waals surface area (Å²) in [6, 6.07) is 16.5. The van der Waals surface area contributed by atoms with Crippen LogP contribution in [0, 0.1) is 11.3 Å². The molecule has 0 radical (unpaired) electrons. The van der Waals surface area contributed by atoms with Gasteiger partial charge < -0.3 is 14.5 Å². The van der Waals surface area contributed by atoms with Gasteiger partial charge in [0.25, 0.3) is 0 Å². The number of carbonyl (C=O) groups is 2. The standard InChI is InChI=1S/C22H18ClN3O3/c1-25-18-8-3-4-9-19(18)26(2)22(25)17(13-24)20(27)14-29-21(28)11-10-15-6-5-7-16(23)12-15/h3-12H,14H2,1-2H3/b11-10+. The molecule has 6 nitrogen and oxygen atoms in total. The van der Waals surface area contributed by atoms with E-state index >= 15 is 0 Å². The number of carbonyl (C=O) groups excluding carboxylic acids is 2. The van der Waals surface area contributed by atoms with E-state index in [1.165, 1.54) is 12.2 Å². The number of nitrogens with zero attached hydrogens (tertiary/aromatic N) is 3. The molecule has 146 valence electrons. The summed E-state index contributed by atoms with van der Waals surface area (Å²) in [5.41, 5.74) is 2.42. The fourth-order valence-corrected chi connectivity index (χ4v) is 3.29. The zero-order chi connectivity index (χ0) is 21.0. The van der Waals surface area contributed by atoms with E-state index in [0.29, 0.717) is 10.8 Å². The van der Waals surface area contributed by atoms with Crippen LogP contribution in [0.3, 0.4) is 0 Å². The first-order chi connectivity index (χ1) is 13.9. The molecule has 0 aromatic heterocycles. The summed E-state index contributed by atoms with van der Waals surface area (Å²) >= 11 is 5.89. The number of fused-ring (bicyclic) bond motifs is 1. The summed E-state index contributed by atoms with van der Waals surface area (Å²) in [5.74, 6) is -0.806. The molecule has 0 bridgehead atoms. The second-order valence-electron chi connectivity index (χ2n) is 6.34. The fourth-order valence-electron chi connectivity index (χ4n) is 3.09. The summed E-state index contributed by atoms with van der Waals surface area (Å²) in [6.07, 6.45) is 2.75. The Morgan fingerprint density at radius 1 is 1.10 bits per heavy atom. The maximum absolute atomic E-state index is 12.6. The maximum atomic E-state index is 12.6. The van der Waals surface area contributed by atoms with E-state index in [-0.39, 0.29) is 5.57 Å². The zero-order valence-corrected chi connectivity index (χ0v) is 16.7. The minimum absolute atomic E-state index is 0.0715. The molecule has 0 aliphatic carbocycles. The minimum Gasteiger partial charge on any atom is -0.454 e. The molecule has 0 N–H and O–H groups in total. The summed E-state index contributed by atoms with van der Waals surface area (Å²) in [6.45, 7) is -0.525. The van der Waals surface area contributed by atoms with Gasteiger partial charge in [0, 0.05) is 25.2 Å². The number of halogens is 1. The lowest BCUT2D eigenvalue weighted by Gasteiger charge is -2.19. The van der Waals surface area contributed by atoms with Gasteiger partial charge in [-0.1, -0.05) is 35.9 Å². The van der Waals surface area contributed by atoms with Crippen molar-refractivity contribution in [1.82, 2.24) is 0 Å². The van der Waals surface area contributed by atoms with E-state index in [4.69, 9.17) is 16.3 Å². The largest absolute Gasteiger partial charge is 0.454 e. The van der Waals surface area contributed by atoms with Crippen molar-refractivity contribution >= 4 is 40.8 Å². The van der Waals surface area contributed by atoms with Gasteiger partial charge in [0.15, 0.2) is 6.61 Å². The van der Waals surface area contributed by atoms with Crippen molar-refractivity contribution in [3.05, 3.63) is 76.6 Å². The van der Waals surface area contributed by atoms with E-state index in [1.54, 1.807) is 48.2 Å². The number of anilines is 2. The molecule has 1 aliphatic rings. The lowest BCUT2D eigenvalue weighted by atomic mass is 10.2. The molecule has 29 heavy (non-hydrogen) atoms. The van der Waals surface area contributed by atoms with Crippen LogP contribution in [0.2, 0.25) is 5.02 Å². The summed E-state index contributed by atoms with van der Waals surface area (Å²) in [4.78, 5) is 28.0. The molecule has 2 aromatic carbocycles. The second-order valence-corrected chi connectivity index (χ2v) is 6.77. The van der Waals surface area contributed by atoms with Gasteiger partial charge in [-0.3, -0.25) is 4.79 Å².